The highest BCUT2D eigenvalue weighted by molar-refractivity contribution is 9.10. The van der Waals surface area contributed by atoms with Crippen molar-refractivity contribution in [3.63, 3.8) is 0 Å². The summed E-state index contributed by atoms with van der Waals surface area (Å²) in [6.45, 7) is 6.44. The third-order valence-corrected chi connectivity index (χ3v) is 3.97. The lowest BCUT2D eigenvalue weighted by atomic mass is 9.81. The SMILES string of the molecule is COc1cc(C)c(Br)cc1C(C)(C)CCCl. The van der Waals surface area contributed by atoms with Crippen LogP contribution < -0.4 is 4.74 Å². The molecule has 3 heteroatoms. The van der Waals surface area contributed by atoms with Gasteiger partial charge in [0.05, 0.1) is 7.11 Å². The van der Waals surface area contributed by atoms with Crippen molar-refractivity contribution in [3.05, 3.63) is 27.7 Å². The molecule has 0 atom stereocenters. The second kappa shape index (κ2) is 5.42. The Bertz CT molecular complexity index is 374. The van der Waals surface area contributed by atoms with Gasteiger partial charge >= 0.3 is 0 Å². The van der Waals surface area contributed by atoms with E-state index in [1.54, 1.807) is 7.11 Å². The van der Waals surface area contributed by atoms with Crippen LogP contribution in [0.4, 0.5) is 0 Å². The van der Waals surface area contributed by atoms with Crippen LogP contribution in [0, 0.1) is 6.92 Å². The first-order valence-corrected chi connectivity index (χ1v) is 6.65. The summed E-state index contributed by atoms with van der Waals surface area (Å²) >= 11 is 9.41. The highest BCUT2D eigenvalue weighted by Gasteiger charge is 2.24. The topological polar surface area (TPSA) is 9.23 Å². The first-order valence-electron chi connectivity index (χ1n) is 5.33. The van der Waals surface area contributed by atoms with E-state index in [1.807, 2.05) is 0 Å². The van der Waals surface area contributed by atoms with Gasteiger partial charge in [-0.15, -0.1) is 11.6 Å². The van der Waals surface area contributed by atoms with Crippen LogP contribution in [0.15, 0.2) is 16.6 Å². The summed E-state index contributed by atoms with van der Waals surface area (Å²) in [6, 6.07) is 4.20. The molecule has 1 nitrogen and oxygen atoms in total. The number of hydrogen-bond donors (Lipinski definition) is 0. The van der Waals surface area contributed by atoms with Gasteiger partial charge in [-0.2, -0.15) is 0 Å². The highest BCUT2D eigenvalue weighted by Crippen LogP contribution is 2.37. The summed E-state index contributed by atoms with van der Waals surface area (Å²) in [5.74, 6) is 1.59. The van der Waals surface area contributed by atoms with E-state index in [0.29, 0.717) is 5.88 Å². The molecule has 16 heavy (non-hydrogen) atoms. The molecular weight excluding hydrogens is 287 g/mol. The Kier molecular flexibility index (Phi) is 4.69. The van der Waals surface area contributed by atoms with E-state index in [9.17, 15) is 0 Å². The molecule has 0 aromatic heterocycles. The maximum absolute atomic E-state index is 5.85. The lowest BCUT2D eigenvalue weighted by Gasteiger charge is -2.27. The lowest BCUT2D eigenvalue weighted by Crippen LogP contribution is -2.19. The van der Waals surface area contributed by atoms with E-state index in [4.69, 9.17) is 16.3 Å². The number of benzene rings is 1. The molecule has 0 saturated heterocycles. The molecule has 0 amide bonds. The van der Waals surface area contributed by atoms with E-state index in [2.05, 4.69) is 48.8 Å². The molecule has 0 heterocycles. The smallest absolute Gasteiger partial charge is 0.122 e. The van der Waals surface area contributed by atoms with Gasteiger partial charge in [-0.05, 0) is 36.5 Å². The van der Waals surface area contributed by atoms with Crippen LogP contribution >= 0.6 is 27.5 Å². The molecule has 0 spiro atoms. The number of aryl methyl sites for hydroxylation is 1. The lowest BCUT2D eigenvalue weighted by molar-refractivity contribution is 0.389. The van der Waals surface area contributed by atoms with Gasteiger partial charge < -0.3 is 4.74 Å². The molecule has 0 aliphatic heterocycles. The minimum absolute atomic E-state index is 0.0311. The molecule has 0 bridgehead atoms. The van der Waals surface area contributed by atoms with Gasteiger partial charge in [-0.3, -0.25) is 0 Å². The van der Waals surface area contributed by atoms with Crippen LogP contribution in [0.1, 0.15) is 31.4 Å². The molecule has 0 aliphatic carbocycles. The number of methoxy groups -OCH3 is 1. The van der Waals surface area contributed by atoms with Crippen LogP contribution in [0.2, 0.25) is 0 Å². The summed E-state index contributed by atoms with van der Waals surface area (Å²) in [5.41, 5.74) is 2.42. The first-order chi connectivity index (χ1) is 7.42. The Morgan fingerprint density at radius 2 is 2.00 bits per heavy atom. The third kappa shape index (κ3) is 2.92. The molecule has 1 rings (SSSR count). The van der Waals surface area contributed by atoms with Crippen LogP contribution in [0.25, 0.3) is 0 Å². The molecule has 0 saturated carbocycles. The fourth-order valence-electron chi connectivity index (χ4n) is 1.72. The van der Waals surface area contributed by atoms with Gasteiger partial charge in [0.15, 0.2) is 0 Å². The van der Waals surface area contributed by atoms with Crippen molar-refractivity contribution < 1.29 is 4.74 Å². The summed E-state index contributed by atoms with van der Waals surface area (Å²) < 4.78 is 6.57. The number of alkyl halides is 1. The maximum Gasteiger partial charge on any atom is 0.122 e. The fourth-order valence-corrected chi connectivity index (χ4v) is 2.54. The zero-order chi connectivity index (χ0) is 12.3. The molecule has 0 radical (unpaired) electrons. The van der Waals surface area contributed by atoms with Gasteiger partial charge in [-0.25, -0.2) is 0 Å². The molecule has 0 N–H and O–H groups in total. The zero-order valence-corrected chi connectivity index (χ0v) is 12.6. The first kappa shape index (κ1) is 13.9. The van der Waals surface area contributed by atoms with E-state index >= 15 is 0 Å². The molecule has 90 valence electrons. The van der Waals surface area contributed by atoms with Gasteiger partial charge in [-0.1, -0.05) is 29.8 Å². The van der Waals surface area contributed by atoms with Crippen molar-refractivity contribution in [3.8, 4) is 5.75 Å². The Balaban J connectivity index is 3.26. The van der Waals surface area contributed by atoms with Crippen LogP contribution in [0.3, 0.4) is 0 Å². The summed E-state index contributed by atoms with van der Waals surface area (Å²) in [6.07, 6.45) is 0.931. The average molecular weight is 306 g/mol. The molecule has 0 unspecified atom stereocenters. The van der Waals surface area contributed by atoms with E-state index in [1.165, 1.54) is 11.1 Å². The summed E-state index contributed by atoms with van der Waals surface area (Å²) in [5, 5.41) is 0. The molecule has 0 fully saturated rings. The average Bonchev–Trinajstić information content (AvgIpc) is 2.21. The highest BCUT2D eigenvalue weighted by atomic mass is 79.9. The minimum Gasteiger partial charge on any atom is -0.496 e. The van der Waals surface area contributed by atoms with E-state index < -0.39 is 0 Å². The monoisotopic (exact) mass is 304 g/mol. The van der Waals surface area contributed by atoms with Crippen molar-refractivity contribution in [1.82, 2.24) is 0 Å². The van der Waals surface area contributed by atoms with Crippen molar-refractivity contribution in [2.75, 3.05) is 13.0 Å². The minimum atomic E-state index is 0.0311. The quantitative estimate of drug-likeness (QED) is 0.734. The maximum atomic E-state index is 5.85. The molecular formula is C13H18BrClO. The van der Waals surface area contributed by atoms with Gasteiger partial charge in [0.25, 0.3) is 0 Å². The normalized spacial score (nSPS) is 11.6. The van der Waals surface area contributed by atoms with Gasteiger partial charge in [0, 0.05) is 15.9 Å². The van der Waals surface area contributed by atoms with Gasteiger partial charge in [0.2, 0.25) is 0 Å². The molecule has 1 aromatic rings. The summed E-state index contributed by atoms with van der Waals surface area (Å²) in [4.78, 5) is 0. The Morgan fingerprint density at radius 3 is 2.50 bits per heavy atom. The van der Waals surface area contributed by atoms with E-state index in [0.717, 1.165) is 16.6 Å². The zero-order valence-electron chi connectivity index (χ0n) is 10.2. The van der Waals surface area contributed by atoms with Crippen molar-refractivity contribution >= 4 is 27.5 Å². The number of ether oxygens (including phenoxy) is 1. The second-order valence-corrected chi connectivity index (χ2v) is 5.86. The third-order valence-electron chi connectivity index (χ3n) is 2.93. The van der Waals surface area contributed by atoms with Crippen molar-refractivity contribution in [2.24, 2.45) is 0 Å². The summed E-state index contributed by atoms with van der Waals surface area (Å²) in [7, 11) is 1.71. The van der Waals surface area contributed by atoms with E-state index in [-0.39, 0.29) is 5.41 Å². The Morgan fingerprint density at radius 1 is 1.38 bits per heavy atom. The van der Waals surface area contributed by atoms with Crippen LogP contribution in [0.5, 0.6) is 5.75 Å². The fraction of sp³-hybridized carbons (Fsp3) is 0.538. The number of rotatable bonds is 4. The van der Waals surface area contributed by atoms with Gasteiger partial charge in [0.1, 0.15) is 5.75 Å². The van der Waals surface area contributed by atoms with Crippen LogP contribution in [-0.2, 0) is 5.41 Å². The van der Waals surface area contributed by atoms with Crippen molar-refractivity contribution in [2.45, 2.75) is 32.6 Å². The molecule has 0 aliphatic rings. The predicted molar refractivity (Wildman–Crippen MR) is 73.8 cm³/mol. The van der Waals surface area contributed by atoms with Crippen LogP contribution in [-0.4, -0.2) is 13.0 Å². The van der Waals surface area contributed by atoms with Crippen molar-refractivity contribution in [1.29, 1.82) is 0 Å². The standard InChI is InChI=1S/C13H18BrClO/c1-9-7-12(16-4)10(8-11(9)14)13(2,3)5-6-15/h7-8H,5-6H2,1-4H3. The Hall–Kier alpha value is -0.210. The Labute approximate surface area is 111 Å². The molecule has 1 aromatic carbocycles. The number of halogens is 2. The largest absolute Gasteiger partial charge is 0.496 e. The number of hydrogen-bond acceptors (Lipinski definition) is 1. The predicted octanol–water partition coefficient (Wildman–Crippen LogP) is 4.67. The second-order valence-electron chi connectivity index (χ2n) is 4.62.